The van der Waals surface area contributed by atoms with Gasteiger partial charge in [0.1, 0.15) is 23.2 Å². The number of carbonyl (C=O) groups is 1. The molecule has 1 aromatic heterocycles. The van der Waals surface area contributed by atoms with Gasteiger partial charge in [-0.15, -0.1) is 11.3 Å². The molecule has 3 aromatic rings. The minimum atomic E-state index is -0.286. The zero-order valence-electron chi connectivity index (χ0n) is 17.6. The smallest absolute Gasteiger partial charge is 0.228 e. The lowest BCUT2D eigenvalue weighted by Crippen LogP contribution is -2.37. The molecule has 0 aliphatic carbocycles. The monoisotopic (exact) mass is 461 g/mol. The number of amides is 1. The quantitative estimate of drug-likeness (QED) is 0.441. The Hall–Kier alpha value is -2.48. The highest BCUT2D eigenvalue weighted by Crippen LogP contribution is 2.19. The fraction of sp³-hybridized carbons (Fsp3) is 0.304. The Morgan fingerprint density at radius 2 is 1.81 bits per heavy atom. The van der Waals surface area contributed by atoms with Crippen molar-refractivity contribution in [3.8, 4) is 5.75 Å². The van der Waals surface area contributed by atoms with Crippen molar-refractivity contribution in [1.29, 1.82) is 0 Å². The van der Waals surface area contributed by atoms with Crippen LogP contribution in [-0.4, -0.2) is 47.9 Å². The average Bonchev–Trinajstić information content (AvgIpc) is 3.19. The molecule has 0 aliphatic heterocycles. The van der Waals surface area contributed by atoms with Gasteiger partial charge in [-0.1, -0.05) is 23.7 Å². The van der Waals surface area contributed by atoms with Crippen molar-refractivity contribution in [1.82, 2.24) is 14.8 Å². The van der Waals surface area contributed by atoms with Crippen molar-refractivity contribution in [3.05, 3.63) is 81.0 Å². The van der Waals surface area contributed by atoms with Crippen LogP contribution in [0, 0.1) is 5.82 Å². The molecule has 0 saturated heterocycles. The van der Waals surface area contributed by atoms with E-state index in [1.165, 1.54) is 23.5 Å². The first kappa shape index (κ1) is 23.2. The Bertz CT molecular complexity index is 977. The third-order valence-electron chi connectivity index (χ3n) is 4.56. The molecule has 8 heteroatoms. The maximum Gasteiger partial charge on any atom is 0.228 e. The lowest BCUT2D eigenvalue weighted by molar-refractivity contribution is -0.131. The van der Waals surface area contributed by atoms with Crippen molar-refractivity contribution in [2.24, 2.45) is 0 Å². The number of hydrogen-bond donors (Lipinski definition) is 0. The molecule has 0 atom stereocenters. The Morgan fingerprint density at radius 3 is 2.48 bits per heavy atom. The molecule has 5 nitrogen and oxygen atoms in total. The number of thiazole rings is 1. The minimum Gasteiger partial charge on any atom is -0.486 e. The Kier molecular flexibility index (Phi) is 8.40. The van der Waals surface area contributed by atoms with Gasteiger partial charge in [-0.3, -0.25) is 4.79 Å². The van der Waals surface area contributed by atoms with Crippen LogP contribution >= 0.6 is 22.9 Å². The van der Waals surface area contributed by atoms with E-state index >= 15 is 0 Å². The number of halogens is 2. The molecule has 0 radical (unpaired) electrons. The van der Waals surface area contributed by atoms with Crippen LogP contribution in [0.25, 0.3) is 0 Å². The standard InChI is InChI=1S/C23H25ClFN3O2S/c1-27(2)11-12-28(14-17-3-7-19(25)8-4-17)23(29)13-20-16-31-22(26-20)15-30-21-9-5-18(24)6-10-21/h3-10,16H,11-15H2,1-2H3. The summed E-state index contributed by atoms with van der Waals surface area (Å²) in [5, 5.41) is 3.35. The number of nitrogens with zero attached hydrogens (tertiary/aromatic N) is 3. The molecule has 0 unspecified atom stereocenters. The summed E-state index contributed by atoms with van der Waals surface area (Å²) in [6.07, 6.45) is 0.214. The van der Waals surface area contributed by atoms with Crippen molar-refractivity contribution in [2.75, 3.05) is 27.2 Å². The minimum absolute atomic E-state index is 0.0124. The van der Waals surface area contributed by atoms with Crippen molar-refractivity contribution >= 4 is 28.8 Å². The second-order valence-corrected chi connectivity index (χ2v) is 8.78. The van der Waals surface area contributed by atoms with E-state index in [4.69, 9.17) is 16.3 Å². The van der Waals surface area contributed by atoms with E-state index < -0.39 is 0 Å². The molecule has 0 aliphatic rings. The van der Waals surface area contributed by atoms with E-state index in [2.05, 4.69) is 4.98 Å². The molecule has 1 amide bonds. The van der Waals surface area contributed by atoms with Crippen molar-refractivity contribution in [3.63, 3.8) is 0 Å². The van der Waals surface area contributed by atoms with E-state index in [-0.39, 0.29) is 18.1 Å². The van der Waals surface area contributed by atoms with Gasteiger partial charge in [-0.05, 0) is 56.1 Å². The highest BCUT2D eigenvalue weighted by Gasteiger charge is 2.17. The first-order valence-electron chi connectivity index (χ1n) is 9.87. The fourth-order valence-electron chi connectivity index (χ4n) is 2.86. The van der Waals surface area contributed by atoms with Gasteiger partial charge in [0.25, 0.3) is 0 Å². The predicted octanol–water partition coefficient (Wildman–Crippen LogP) is 4.65. The normalized spacial score (nSPS) is 11.0. The van der Waals surface area contributed by atoms with Crippen LogP contribution in [0.4, 0.5) is 4.39 Å². The Labute approximate surface area is 191 Å². The highest BCUT2D eigenvalue weighted by atomic mass is 35.5. The SMILES string of the molecule is CN(C)CCN(Cc1ccc(F)cc1)C(=O)Cc1csc(COc2ccc(Cl)cc2)n1. The van der Waals surface area contributed by atoms with Gasteiger partial charge < -0.3 is 14.5 Å². The molecule has 164 valence electrons. The van der Waals surface area contributed by atoms with Gasteiger partial charge in [-0.25, -0.2) is 9.37 Å². The molecule has 1 heterocycles. The van der Waals surface area contributed by atoms with E-state index in [0.29, 0.717) is 30.5 Å². The number of rotatable bonds is 10. The van der Waals surface area contributed by atoms with E-state index in [9.17, 15) is 9.18 Å². The number of carbonyl (C=O) groups excluding carboxylic acids is 1. The Balaban J connectivity index is 1.59. The number of ether oxygens (including phenoxy) is 1. The highest BCUT2D eigenvalue weighted by molar-refractivity contribution is 7.09. The third kappa shape index (κ3) is 7.61. The molecular formula is C23H25ClFN3O2S. The van der Waals surface area contributed by atoms with Gasteiger partial charge in [0.2, 0.25) is 5.91 Å². The first-order chi connectivity index (χ1) is 14.9. The third-order valence-corrected chi connectivity index (χ3v) is 5.69. The summed E-state index contributed by atoms with van der Waals surface area (Å²) in [6, 6.07) is 13.4. The summed E-state index contributed by atoms with van der Waals surface area (Å²) in [7, 11) is 3.93. The fourth-order valence-corrected chi connectivity index (χ4v) is 3.69. The second-order valence-electron chi connectivity index (χ2n) is 7.40. The van der Waals surface area contributed by atoms with Crippen LogP contribution in [0.5, 0.6) is 5.75 Å². The zero-order chi connectivity index (χ0) is 22.2. The van der Waals surface area contributed by atoms with Crippen molar-refractivity contribution in [2.45, 2.75) is 19.6 Å². The van der Waals surface area contributed by atoms with Crippen molar-refractivity contribution < 1.29 is 13.9 Å². The van der Waals surface area contributed by atoms with Gasteiger partial charge in [0.15, 0.2) is 0 Å². The molecule has 0 bridgehead atoms. The maximum absolute atomic E-state index is 13.2. The van der Waals surface area contributed by atoms with Gasteiger partial charge in [-0.2, -0.15) is 0 Å². The summed E-state index contributed by atoms with van der Waals surface area (Å²) in [5.41, 5.74) is 1.61. The lowest BCUT2D eigenvalue weighted by atomic mass is 10.2. The van der Waals surface area contributed by atoms with E-state index in [0.717, 1.165) is 22.8 Å². The van der Waals surface area contributed by atoms with E-state index in [1.54, 1.807) is 41.3 Å². The first-order valence-corrected chi connectivity index (χ1v) is 11.1. The molecule has 0 spiro atoms. The van der Waals surface area contributed by atoms with Crippen LogP contribution in [0.1, 0.15) is 16.3 Å². The predicted molar refractivity (Wildman–Crippen MR) is 122 cm³/mol. The molecular weight excluding hydrogens is 437 g/mol. The second kappa shape index (κ2) is 11.2. The molecule has 3 rings (SSSR count). The zero-order valence-corrected chi connectivity index (χ0v) is 19.1. The molecule has 2 aromatic carbocycles. The van der Waals surface area contributed by atoms with E-state index in [1.807, 2.05) is 24.4 Å². The maximum atomic E-state index is 13.2. The van der Waals surface area contributed by atoms with Crippen LogP contribution in [0.2, 0.25) is 5.02 Å². The number of likely N-dealkylation sites (N-methyl/N-ethyl adjacent to an activating group) is 1. The number of aromatic nitrogens is 1. The molecule has 0 N–H and O–H groups in total. The van der Waals surface area contributed by atoms with Gasteiger partial charge in [0, 0.05) is 30.0 Å². The largest absolute Gasteiger partial charge is 0.486 e. The lowest BCUT2D eigenvalue weighted by Gasteiger charge is -2.24. The molecule has 0 saturated carbocycles. The summed E-state index contributed by atoms with van der Waals surface area (Å²) in [5.74, 6) is 0.416. The van der Waals surface area contributed by atoms with Crippen LogP contribution in [-0.2, 0) is 24.4 Å². The van der Waals surface area contributed by atoms with Crippen LogP contribution < -0.4 is 4.74 Å². The molecule has 0 fully saturated rings. The van der Waals surface area contributed by atoms with Crippen LogP contribution in [0.3, 0.4) is 0 Å². The summed E-state index contributed by atoms with van der Waals surface area (Å²) in [4.78, 5) is 21.3. The van der Waals surface area contributed by atoms with Crippen LogP contribution in [0.15, 0.2) is 53.9 Å². The summed E-state index contributed by atoms with van der Waals surface area (Å²) < 4.78 is 18.9. The molecule has 31 heavy (non-hydrogen) atoms. The average molecular weight is 462 g/mol. The summed E-state index contributed by atoms with van der Waals surface area (Å²) in [6.45, 7) is 2.09. The number of hydrogen-bond acceptors (Lipinski definition) is 5. The van der Waals surface area contributed by atoms with Gasteiger partial charge >= 0.3 is 0 Å². The summed E-state index contributed by atoms with van der Waals surface area (Å²) >= 11 is 7.35. The number of benzene rings is 2. The van der Waals surface area contributed by atoms with Gasteiger partial charge in [0.05, 0.1) is 12.1 Å². The topological polar surface area (TPSA) is 45.7 Å². The Morgan fingerprint density at radius 1 is 1.10 bits per heavy atom.